The van der Waals surface area contributed by atoms with Crippen LogP contribution in [0.15, 0.2) is 24.5 Å². The Morgan fingerprint density at radius 1 is 0.850 bits per heavy atom. The summed E-state index contributed by atoms with van der Waals surface area (Å²) in [6.45, 7) is 3.25. The molecule has 0 fully saturated rings. The van der Waals surface area contributed by atoms with Crippen LogP contribution in [0.5, 0.6) is 0 Å². The van der Waals surface area contributed by atoms with E-state index in [0.29, 0.717) is 22.5 Å². The van der Waals surface area contributed by atoms with Crippen LogP contribution >= 0.6 is 0 Å². The van der Waals surface area contributed by atoms with Gasteiger partial charge in [-0.3, -0.25) is 9.97 Å². The summed E-state index contributed by atoms with van der Waals surface area (Å²) < 4.78 is 0. The average Bonchev–Trinajstić information content (AvgIpc) is 2.39. The second-order valence-electron chi connectivity index (χ2n) is 4.27. The van der Waals surface area contributed by atoms with Gasteiger partial charge in [0.2, 0.25) is 0 Å². The van der Waals surface area contributed by atoms with Gasteiger partial charge in [0, 0.05) is 12.4 Å². The maximum Gasteiger partial charge on any atom is 0.336 e. The lowest BCUT2D eigenvalue weighted by Crippen LogP contribution is -2.06. The molecule has 0 spiro atoms. The quantitative estimate of drug-likeness (QED) is 0.887. The molecule has 0 saturated carbocycles. The van der Waals surface area contributed by atoms with Crippen molar-refractivity contribution in [3.05, 3.63) is 46.8 Å². The van der Waals surface area contributed by atoms with Gasteiger partial charge in [-0.15, -0.1) is 0 Å². The minimum Gasteiger partial charge on any atom is -0.478 e. The molecule has 0 aliphatic carbocycles. The topological polar surface area (TPSA) is 100 Å². The van der Waals surface area contributed by atoms with Crippen molar-refractivity contribution in [2.45, 2.75) is 13.8 Å². The zero-order valence-corrected chi connectivity index (χ0v) is 10.9. The van der Waals surface area contributed by atoms with Crippen molar-refractivity contribution in [1.82, 2.24) is 9.97 Å². The number of hydrogen-bond donors (Lipinski definition) is 2. The van der Waals surface area contributed by atoms with E-state index >= 15 is 0 Å². The van der Waals surface area contributed by atoms with Crippen molar-refractivity contribution in [1.29, 1.82) is 0 Å². The highest BCUT2D eigenvalue weighted by atomic mass is 16.4. The number of aromatic nitrogens is 2. The van der Waals surface area contributed by atoms with Crippen LogP contribution in [0.1, 0.15) is 31.8 Å². The third-order valence-corrected chi connectivity index (χ3v) is 3.09. The Kier molecular flexibility index (Phi) is 3.47. The summed E-state index contributed by atoms with van der Waals surface area (Å²) in [5.74, 6) is -2.11. The van der Waals surface area contributed by atoms with E-state index in [1.54, 1.807) is 13.8 Å². The molecule has 2 rings (SSSR count). The molecule has 102 valence electrons. The molecule has 0 bridgehead atoms. The number of hydrogen-bond acceptors (Lipinski definition) is 4. The number of pyridine rings is 2. The smallest absolute Gasteiger partial charge is 0.336 e. The van der Waals surface area contributed by atoms with Gasteiger partial charge in [-0.1, -0.05) is 0 Å². The van der Waals surface area contributed by atoms with Crippen LogP contribution < -0.4 is 0 Å². The highest BCUT2D eigenvalue weighted by Gasteiger charge is 2.18. The summed E-state index contributed by atoms with van der Waals surface area (Å²) in [7, 11) is 0. The van der Waals surface area contributed by atoms with E-state index < -0.39 is 11.9 Å². The Morgan fingerprint density at radius 2 is 1.20 bits per heavy atom. The van der Waals surface area contributed by atoms with Crippen LogP contribution in [0, 0.1) is 13.8 Å². The molecule has 0 amide bonds. The van der Waals surface area contributed by atoms with E-state index in [1.807, 2.05) is 0 Å². The first kappa shape index (κ1) is 13.7. The Hall–Kier alpha value is -2.76. The predicted molar refractivity (Wildman–Crippen MR) is 70.9 cm³/mol. The van der Waals surface area contributed by atoms with Crippen LogP contribution in [0.2, 0.25) is 0 Å². The summed E-state index contributed by atoms with van der Waals surface area (Å²) in [5.41, 5.74) is 1.92. The molecule has 6 nitrogen and oxygen atoms in total. The van der Waals surface area contributed by atoms with Gasteiger partial charge < -0.3 is 10.2 Å². The zero-order valence-electron chi connectivity index (χ0n) is 10.9. The summed E-state index contributed by atoms with van der Waals surface area (Å²) >= 11 is 0. The molecule has 2 N–H and O–H groups in total. The van der Waals surface area contributed by atoms with E-state index in [2.05, 4.69) is 9.97 Å². The Morgan fingerprint density at radius 3 is 1.50 bits per heavy atom. The van der Waals surface area contributed by atoms with Gasteiger partial charge in [-0.05, 0) is 37.1 Å². The van der Waals surface area contributed by atoms with Crippen molar-refractivity contribution in [2.24, 2.45) is 0 Å². The molecule has 0 atom stereocenters. The second-order valence-corrected chi connectivity index (χ2v) is 4.27. The first-order chi connectivity index (χ1) is 9.43. The zero-order chi connectivity index (χ0) is 14.9. The number of carbonyl (C=O) groups is 2. The molecule has 6 heteroatoms. The van der Waals surface area contributed by atoms with E-state index in [1.165, 1.54) is 24.5 Å². The SMILES string of the molecule is Cc1c(C(=O)O)ccnc1-c1nccc(C(=O)O)c1C. The van der Waals surface area contributed by atoms with Gasteiger partial charge in [-0.2, -0.15) is 0 Å². The van der Waals surface area contributed by atoms with Crippen LogP contribution in [0.3, 0.4) is 0 Å². The van der Waals surface area contributed by atoms with Crippen molar-refractivity contribution in [2.75, 3.05) is 0 Å². The molecular formula is C14H12N2O4. The lowest BCUT2D eigenvalue weighted by Gasteiger charge is -2.10. The molecule has 0 unspecified atom stereocenters. The fourth-order valence-electron chi connectivity index (χ4n) is 2.01. The van der Waals surface area contributed by atoms with Gasteiger partial charge in [0.15, 0.2) is 0 Å². The molecule has 20 heavy (non-hydrogen) atoms. The molecule has 0 aromatic carbocycles. The largest absolute Gasteiger partial charge is 0.478 e. The molecule has 2 aromatic heterocycles. The molecule has 0 radical (unpaired) electrons. The lowest BCUT2D eigenvalue weighted by atomic mass is 10.0. The van der Waals surface area contributed by atoms with E-state index in [-0.39, 0.29) is 11.1 Å². The Labute approximate surface area is 114 Å². The number of rotatable bonds is 3. The lowest BCUT2D eigenvalue weighted by molar-refractivity contribution is 0.0685. The van der Waals surface area contributed by atoms with Crippen molar-refractivity contribution in [3.63, 3.8) is 0 Å². The van der Waals surface area contributed by atoms with Gasteiger partial charge >= 0.3 is 11.9 Å². The van der Waals surface area contributed by atoms with E-state index in [0.717, 1.165) is 0 Å². The van der Waals surface area contributed by atoms with Crippen LogP contribution in [0.4, 0.5) is 0 Å². The fraction of sp³-hybridized carbons (Fsp3) is 0.143. The fourth-order valence-corrected chi connectivity index (χ4v) is 2.01. The Bertz CT molecular complexity index is 649. The summed E-state index contributed by atoms with van der Waals surface area (Å²) in [5, 5.41) is 18.2. The molecule has 0 saturated heterocycles. The molecule has 0 aliphatic heterocycles. The van der Waals surface area contributed by atoms with Crippen LogP contribution in [0.25, 0.3) is 11.4 Å². The minimum atomic E-state index is -1.06. The first-order valence-electron chi connectivity index (χ1n) is 5.81. The normalized spacial score (nSPS) is 10.3. The molecule has 2 aromatic rings. The van der Waals surface area contributed by atoms with Gasteiger partial charge in [0.1, 0.15) is 0 Å². The van der Waals surface area contributed by atoms with Gasteiger partial charge in [-0.25, -0.2) is 9.59 Å². The number of aromatic carboxylic acids is 2. The van der Waals surface area contributed by atoms with Crippen LogP contribution in [-0.4, -0.2) is 32.1 Å². The standard InChI is InChI=1S/C14H12N2O4/c1-7-9(13(17)18)3-5-15-11(7)12-8(2)10(14(19)20)4-6-16-12/h3-6H,1-2H3,(H,17,18)(H,19,20). The maximum atomic E-state index is 11.1. The summed E-state index contributed by atoms with van der Waals surface area (Å²) in [4.78, 5) is 30.5. The molecular weight excluding hydrogens is 260 g/mol. The highest BCUT2D eigenvalue weighted by Crippen LogP contribution is 2.26. The average molecular weight is 272 g/mol. The van der Waals surface area contributed by atoms with Gasteiger partial charge in [0.25, 0.3) is 0 Å². The predicted octanol–water partition coefficient (Wildman–Crippen LogP) is 2.16. The summed E-state index contributed by atoms with van der Waals surface area (Å²) in [6.07, 6.45) is 2.75. The Balaban J connectivity index is 2.70. The minimum absolute atomic E-state index is 0.122. The third-order valence-electron chi connectivity index (χ3n) is 3.09. The van der Waals surface area contributed by atoms with Crippen molar-refractivity contribution < 1.29 is 19.8 Å². The second kappa shape index (κ2) is 5.08. The number of carboxylic acids is 2. The maximum absolute atomic E-state index is 11.1. The third kappa shape index (κ3) is 2.23. The van der Waals surface area contributed by atoms with E-state index in [9.17, 15) is 9.59 Å². The van der Waals surface area contributed by atoms with Crippen molar-refractivity contribution in [3.8, 4) is 11.4 Å². The number of nitrogens with zero attached hydrogens (tertiary/aromatic N) is 2. The van der Waals surface area contributed by atoms with Gasteiger partial charge in [0.05, 0.1) is 22.5 Å². The monoisotopic (exact) mass is 272 g/mol. The van der Waals surface area contributed by atoms with E-state index in [4.69, 9.17) is 10.2 Å². The molecule has 0 aliphatic rings. The summed E-state index contributed by atoms with van der Waals surface area (Å²) in [6, 6.07) is 2.80. The first-order valence-corrected chi connectivity index (χ1v) is 5.81. The highest BCUT2D eigenvalue weighted by molar-refractivity contribution is 5.93. The van der Waals surface area contributed by atoms with Crippen LogP contribution in [-0.2, 0) is 0 Å². The number of carboxylic acid groups (broad SMARTS) is 2. The van der Waals surface area contributed by atoms with Crippen molar-refractivity contribution >= 4 is 11.9 Å². The molecule has 2 heterocycles.